The second kappa shape index (κ2) is 9.36. The zero-order valence-electron chi connectivity index (χ0n) is 16.7. The lowest BCUT2D eigenvalue weighted by molar-refractivity contribution is 0.0846. The van der Waals surface area contributed by atoms with Crippen LogP contribution in [0.15, 0.2) is 83.7 Å². The molecule has 0 aliphatic rings. The minimum atomic E-state index is -0.710. The molecular formula is C24H18ClN3O4. The van der Waals surface area contributed by atoms with E-state index in [4.69, 9.17) is 16.3 Å². The van der Waals surface area contributed by atoms with Crippen molar-refractivity contribution in [2.45, 2.75) is 6.61 Å². The topological polar surface area (TPSA) is 100 Å². The third kappa shape index (κ3) is 4.96. The summed E-state index contributed by atoms with van der Waals surface area (Å²) in [6, 6.07) is 22.3. The molecule has 0 spiro atoms. The molecule has 8 heteroatoms. The lowest BCUT2D eigenvalue weighted by Crippen LogP contribution is -2.43. The Balaban J connectivity index is 1.34. The number of aromatic nitrogens is 1. The fraction of sp³-hybridized carbons (Fsp3) is 0.0417. The van der Waals surface area contributed by atoms with Crippen LogP contribution in [0.1, 0.15) is 26.3 Å². The fourth-order valence-corrected chi connectivity index (χ4v) is 3.14. The molecule has 1 aromatic heterocycles. The number of hydrazine groups is 1. The van der Waals surface area contributed by atoms with Crippen molar-refractivity contribution in [3.63, 3.8) is 0 Å². The number of carbonyl (C=O) groups is 2. The van der Waals surface area contributed by atoms with Gasteiger partial charge in [-0.15, -0.1) is 0 Å². The van der Waals surface area contributed by atoms with Crippen molar-refractivity contribution in [1.29, 1.82) is 0 Å². The van der Waals surface area contributed by atoms with Gasteiger partial charge in [0, 0.05) is 16.1 Å². The van der Waals surface area contributed by atoms with E-state index in [2.05, 4.69) is 15.8 Å². The number of H-pyrrole nitrogens is 1. The fourth-order valence-electron chi connectivity index (χ4n) is 3.02. The average molecular weight is 448 g/mol. The van der Waals surface area contributed by atoms with Gasteiger partial charge in [0.2, 0.25) is 0 Å². The summed E-state index contributed by atoms with van der Waals surface area (Å²) in [5, 5.41) is 1.34. The Morgan fingerprint density at radius 1 is 0.875 bits per heavy atom. The molecule has 0 saturated heterocycles. The molecule has 0 saturated carbocycles. The van der Waals surface area contributed by atoms with Gasteiger partial charge >= 0.3 is 0 Å². The Bertz CT molecular complexity index is 1330. The summed E-state index contributed by atoms with van der Waals surface area (Å²) < 4.78 is 5.67. The van der Waals surface area contributed by atoms with Crippen molar-refractivity contribution < 1.29 is 14.3 Å². The maximum Gasteiger partial charge on any atom is 0.275 e. The predicted molar refractivity (Wildman–Crippen MR) is 122 cm³/mol. The Labute approximate surface area is 188 Å². The smallest absolute Gasteiger partial charge is 0.275 e. The molecule has 0 atom stereocenters. The van der Waals surface area contributed by atoms with E-state index in [0.29, 0.717) is 33.8 Å². The van der Waals surface area contributed by atoms with Gasteiger partial charge in [0.1, 0.15) is 17.9 Å². The molecule has 4 rings (SSSR count). The van der Waals surface area contributed by atoms with Crippen LogP contribution < -0.4 is 21.1 Å². The standard InChI is InChI=1S/C24H18ClN3O4/c25-18-9-11-19(12-10-18)32-14-15-5-7-16(8-6-15)22(29)27-28-24(31)20-13-17-3-1-2-4-21(17)26-23(20)30/h1-13H,14H2,(H,26,30)(H,27,29)(H,28,31). The van der Waals surface area contributed by atoms with Gasteiger partial charge in [0.05, 0.1) is 0 Å². The summed E-state index contributed by atoms with van der Waals surface area (Å²) >= 11 is 5.85. The Morgan fingerprint density at radius 2 is 1.56 bits per heavy atom. The second-order valence-corrected chi connectivity index (χ2v) is 7.38. The van der Waals surface area contributed by atoms with E-state index in [1.165, 1.54) is 6.07 Å². The molecule has 160 valence electrons. The lowest BCUT2D eigenvalue weighted by Gasteiger charge is -2.09. The summed E-state index contributed by atoms with van der Waals surface area (Å²) in [4.78, 5) is 39.5. The highest BCUT2D eigenvalue weighted by Crippen LogP contribution is 2.17. The lowest BCUT2D eigenvalue weighted by atomic mass is 10.1. The maximum atomic E-state index is 12.4. The number of fused-ring (bicyclic) bond motifs is 1. The number of halogens is 1. The number of hydrogen-bond acceptors (Lipinski definition) is 4. The maximum absolute atomic E-state index is 12.4. The average Bonchev–Trinajstić information content (AvgIpc) is 2.82. The molecule has 3 N–H and O–H groups in total. The van der Waals surface area contributed by atoms with Crippen LogP contribution in [0, 0.1) is 0 Å². The van der Waals surface area contributed by atoms with Gasteiger partial charge in [0.25, 0.3) is 17.4 Å². The number of amides is 2. The summed E-state index contributed by atoms with van der Waals surface area (Å²) in [5.74, 6) is -0.540. The van der Waals surface area contributed by atoms with Gasteiger partial charge in [0.15, 0.2) is 0 Å². The van der Waals surface area contributed by atoms with Crippen LogP contribution >= 0.6 is 11.6 Å². The van der Waals surface area contributed by atoms with Crippen molar-refractivity contribution >= 4 is 34.3 Å². The molecule has 0 fully saturated rings. The van der Waals surface area contributed by atoms with Crippen LogP contribution in [0.25, 0.3) is 10.9 Å². The summed E-state index contributed by atoms with van der Waals surface area (Å²) in [5.41, 5.74) is 5.78. The van der Waals surface area contributed by atoms with Crippen LogP contribution in [0.5, 0.6) is 5.75 Å². The van der Waals surface area contributed by atoms with E-state index >= 15 is 0 Å². The largest absolute Gasteiger partial charge is 0.489 e. The summed E-state index contributed by atoms with van der Waals surface area (Å²) in [6.45, 7) is 0.324. The first-order valence-electron chi connectivity index (χ1n) is 9.70. The van der Waals surface area contributed by atoms with Gasteiger partial charge in [-0.05, 0) is 59.5 Å². The van der Waals surface area contributed by atoms with Crippen molar-refractivity contribution in [3.05, 3.63) is 111 Å². The molecule has 0 bridgehead atoms. The number of rotatable bonds is 5. The van der Waals surface area contributed by atoms with Crippen molar-refractivity contribution in [2.75, 3.05) is 0 Å². The molecule has 0 aliphatic carbocycles. The van der Waals surface area contributed by atoms with Gasteiger partial charge < -0.3 is 9.72 Å². The quantitative estimate of drug-likeness (QED) is 0.405. The second-order valence-electron chi connectivity index (χ2n) is 6.95. The molecular weight excluding hydrogens is 430 g/mol. The van der Waals surface area contributed by atoms with Gasteiger partial charge in [-0.1, -0.05) is 41.9 Å². The first-order chi connectivity index (χ1) is 15.5. The Morgan fingerprint density at radius 3 is 2.31 bits per heavy atom. The number of ether oxygens (including phenoxy) is 1. The molecule has 2 amide bonds. The highest BCUT2D eigenvalue weighted by molar-refractivity contribution is 6.30. The highest BCUT2D eigenvalue weighted by atomic mass is 35.5. The van der Waals surface area contributed by atoms with E-state index in [1.54, 1.807) is 72.8 Å². The minimum Gasteiger partial charge on any atom is -0.489 e. The zero-order chi connectivity index (χ0) is 22.5. The molecule has 0 unspecified atom stereocenters. The predicted octanol–water partition coefficient (Wildman–Crippen LogP) is 3.84. The number of hydrogen-bond donors (Lipinski definition) is 3. The number of pyridine rings is 1. The highest BCUT2D eigenvalue weighted by Gasteiger charge is 2.13. The van der Waals surface area contributed by atoms with Crippen LogP contribution in [0.3, 0.4) is 0 Å². The third-order valence-electron chi connectivity index (χ3n) is 4.72. The summed E-state index contributed by atoms with van der Waals surface area (Å²) in [7, 11) is 0. The molecule has 3 aromatic carbocycles. The molecule has 1 heterocycles. The van der Waals surface area contributed by atoms with E-state index in [9.17, 15) is 14.4 Å². The molecule has 0 aliphatic heterocycles. The molecule has 0 radical (unpaired) electrons. The molecule has 7 nitrogen and oxygen atoms in total. The molecule has 4 aromatic rings. The van der Waals surface area contributed by atoms with Gasteiger partial charge in [-0.25, -0.2) is 0 Å². The third-order valence-corrected chi connectivity index (χ3v) is 4.97. The van der Waals surface area contributed by atoms with E-state index in [1.807, 2.05) is 0 Å². The van der Waals surface area contributed by atoms with Gasteiger partial charge in [-0.3, -0.25) is 25.2 Å². The number of benzene rings is 3. The van der Waals surface area contributed by atoms with Gasteiger partial charge in [-0.2, -0.15) is 0 Å². The van der Waals surface area contributed by atoms with E-state index in [-0.39, 0.29) is 5.56 Å². The van der Waals surface area contributed by atoms with E-state index < -0.39 is 17.4 Å². The number of carbonyl (C=O) groups excluding carboxylic acids is 2. The van der Waals surface area contributed by atoms with Crippen molar-refractivity contribution in [2.24, 2.45) is 0 Å². The normalized spacial score (nSPS) is 10.5. The number of para-hydroxylation sites is 1. The summed E-state index contributed by atoms with van der Waals surface area (Å²) in [6.07, 6.45) is 0. The first-order valence-corrected chi connectivity index (χ1v) is 10.1. The minimum absolute atomic E-state index is 0.0984. The number of aromatic amines is 1. The van der Waals surface area contributed by atoms with Crippen molar-refractivity contribution in [3.8, 4) is 5.75 Å². The van der Waals surface area contributed by atoms with E-state index in [0.717, 1.165) is 5.56 Å². The van der Waals surface area contributed by atoms with Crippen LogP contribution in [-0.2, 0) is 6.61 Å². The van der Waals surface area contributed by atoms with Crippen LogP contribution in [0.2, 0.25) is 5.02 Å². The van der Waals surface area contributed by atoms with Crippen LogP contribution in [0.4, 0.5) is 0 Å². The number of nitrogens with one attached hydrogen (secondary N) is 3. The SMILES string of the molecule is O=C(NNC(=O)c1cc2ccccc2[nH]c1=O)c1ccc(COc2ccc(Cl)cc2)cc1. The van der Waals surface area contributed by atoms with Crippen molar-refractivity contribution in [1.82, 2.24) is 15.8 Å². The van der Waals surface area contributed by atoms with Crippen LogP contribution in [-0.4, -0.2) is 16.8 Å². The Kier molecular flexibility index (Phi) is 6.19. The first kappa shape index (κ1) is 21.1. The molecule has 32 heavy (non-hydrogen) atoms. The monoisotopic (exact) mass is 447 g/mol. The Hall–Kier alpha value is -4.10. The zero-order valence-corrected chi connectivity index (χ0v) is 17.5.